The van der Waals surface area contributed by atoms with Crippen LogP contribution in [-0.4, -0.2) is 45.9 Å². The number of para-hydroxylation sites is 1. The minimum Gasteiger partial charge on any atom is -0.392 e. The number of ether oxygens (including phenoxy) is 1. The van der Waals surface area contributed by atoms with E-state index in [1.165, 1.54) is 11.3 Å². The van der Waals surface area contributed by atoms with Gasteiger partial charge in [-0.3, -0.25) is 0 Å². The van der Waals surface area contributed by atoms with Crippen LogP contribution < -0.4 is 10.1 Å². The summed E-state index contributed by atoms with van der Waals surface area (Å²) in [7, 11) is 0. The van der Waals surface area contributed by atoms with E-state index in [2.05, 4.69) is 35.3 Å². The Kier molecular flexibility index (Phi) is 7.01. The van der Waals surface area contributed by atoms with Crippen LogP contribution in [0.3, 0.4) is 0 Å². The summed E-state index contributed by atoms with van der Waals surface area (Å²) in [5, 5.41) is 17.8. The maximum absolute atomic E-state index is 12.9. The molecule has 1 amide bonds. The van der Waals surface area contributed by atoms with Gasteiger partial charge < -0.3 is 24.0 Å². The molecule has 186 valence electrons. The molecule has 5 rings (SSSR count). The van der Waals surface area contributed by atoms with Gasteiger partial charge in [0.05, 0.1) is 21.3 Å². The Morgan fingerprint density at radius 1 is 1.31 bits per heavy atom. The Balaban J connectivity index is 1.39. The SMILES string of the molecule is CC(C)N1CCC(NC(=O)Oc2c(C#N)c3ccccc3n2Cc2cc(-c3ccc(Cl)s3)on2)CC1. The number of likely N-dealkylation sites (tertiary alicyclic amines) is 1. The van der Waals surface area contributed by atoms with Crippen molar-refractivity contribution in [3.63, 3.8) is 0 Å². The zero-order valence-electron chi connectivity index (χ0n) is 20.0. The van der Waals surface area contributed by atoms with E-state index in [0.717, 1.165) is 36.3 Å². The van der Waals surface area contributed by atoms with E-state index in [1.807, 2.05) is 36.4 Å². The minimum atomic E-state index is -0.562. The molecule has 0 unspecified atom stereocenters. The van der Waals surface area contributed by atoms with Gasteiger partial charge in [-0.15, -0.1) is 11.3 Å². The first-order chi connectivity index (χ1) is 17.4. The third-order valence-corrected chi connectivity index (χ3v) is 7.75. The summed E-state index contributed by atoms with van der Waals surface area (Å²) in [5.41, 5.74) is 1.71. The van der Waals surface area contributed by atoms with Crippen molar-refractivity contribution in [2.24, 2.45) is 0 Å². The van der Waals surface area contributed by atoms with E-state index >= 15 is 0 Å². The molecule has 3 aromatic heterocycles. The number of aromatic nitrogens is 2. The summed E-state index contributed by atoms with van der Waals surface area (Å²) >= 11 is 7.46. The van der Waals surface area contributed by atoms with Crippen LogP contribution in [0, 0.1) is 11.3 Å². The fourth-order valence-electron chi connectivity index (χ4n) is 4.61. The zero-order chi connectivity index (χ0) is 25.2. The number of carbonyl (C=O) groups excluding carboxylic acids is 1. The summed E-state index contributed by atoms with van der Waals surface area (Å²) in [5.74, 6) is 0.798. The first-order valence-electron chi connectivity index (χ1n) is 11.9. The van der Waals surface area contributed by atoms with Gasteiger partial charge in [-0.25, -0.2) is 4.79 Å². The zero-order valence-corrected chi connectivity index (χ0v) is 21.6. The Morgan fingerprint density at radius 2 is 2.08 bits per heavy atom. The van der Waals surface area contributed by atoms with Crippen LogP contribution >= 0.6 is 22.9 Å². The molecule has 1 saturated heterocycles. The second kappa shape index (κ2) is 10.3. The molecule has 1 N–H and O–H groups in total. The van der Waals surface area contributed by atoms with Gasteiger partial charge in [0.15, 0.2) is 5.76 Å². The van der Waals surface area contributed by atoms with Crippen LogP contribution in [0.5, 0.6) is 5.88 Å². The van der Waals surface area contributed by atoms with Gasteiger partial charge in [-0.05, 0) is 44.9 Å². The van der Waals surface area contributed by atoms with Gasteiger partial charge in [0.1, 0.15) is 17.3 Å². The van der Waals surface area contributed by atoms with E-state index in [9.17, 15) is 10.1 Å². The lowest BCUT2D eigenvalue weighted by molar-refractivity contribution is 0.151. The number of rotatable bonds is 6. The molecule has 0 spiro atoms. The number of amides is 1. The van der Waals surface area contributed by atoms with Crippen molar-refractivity contribution in [3.05, 3.63) is 58.1 Å². The van der Waals surface area contributed by atoms with Crippen LogP contribution in [0.25, 0.3) is 21.5 Å². The summed E-state index contributed by atoms with van der Waals surface area (Å²) in [6, 6.07) is 15.7. The highest BCUT2D eigenvalue weighted by Crippen LogP contribution is 2.34. The molecule has 4 heterocycles. The standard InChI is InChI=1S/C26H26ClN5O3S/c1-16(2)31-11-9-17(10-12-31)29-26(33)34-25-20(14-28)19-5-3-4-6-21(19)32(25)15-18-13-22(35-30-18)23-7-8-24(27)36-23/h3-8,13,16-17H,9-12,15H2,1-2H3,(H,29,33). The van der Waals surface area contributed by atoms with Gasteiger partial charge in [-0.2, -0.15) is 5.26 Å². The largest absolute Gasteiger partial charge is 0.414 e. The number of piperidine rings is 1. The lowest BCUT2D eigenvalue weighted by Gasteiger charge is -2.34. The number of halogens is 1. The van der Waals surface area contributed by atoms with Crippen molar-refractivity contribution in [2.75, 3.05) is 13.1 Å². The molecule has 8 nitrogen and oxygen atoms in total. The number of nitrogens with zero attached hydrogens (tertiary/aromatic N) is 4. The van der Waals surface area contributed by atoms with E-state index < -0.39 is 6.09 Å². The monoisotopic (exact) mass is 523 g/mol. The third-order valence-electron chi connectivity index (χ3n) is 6.50. The second-order valence-electron chi connectivity index (χ2n) is 9.12. The molecule has 1 aromatic carbocycles. The van der Waals surface area contributed by atoms with Gasteiger partial charge in [0.2, 0.25) is 5.88 Å². The van der Waals surface area contributed by atoms with Crippen molar-refractivity contribution >= 4 is 39.9 Å². The molecule has 0 saturated carbocycles. The molecule has 36 heavy (non-hydrogen) atoms. The van der Waals surface area contributed by atoms with Crippen molar-refractivity contribution in [2.45, 2.75) is 45.3 Å². The first kappa shape index (κ1) is 24.4. The van der Waals surface area contributed by atoms with Crippen molar-refractivity contribution in [3.8, 4) is 22.6 Å². The molecule has 10 heteroatoms. The highest BCUT2D eigenvalue weighted by atomic mass is 35.5. The summed E-state index contributed by atoms with van der Waals surface area (Å²) < 4.78 is 13.8. The van der Waals surface area contributed by atoms with E-state index in [1.54, 1.807) is 10.6 Å². The van der Waals surface area contributed by atoms with Crippen molar-refractivity contribution in [1.82, 2.24) is 19.9 Å². The number of thiophene rings is 1. The molecular formula is C26H26ClN5O3S. The predicted molar refractivity (Wildman–Crippen MR) is 139 cm³/mol. The molecule has 0 atom stereocenters. The van der Waals surface area contributed by atoms with Crippen molar-refractivity contribution < 1.29 is 14.1 Å². The molecule has 1 fully saturated rings. The van der Waals surface area contributed by atoms with Gasteiger partial charge in [0.25, 0.3) is 0 Å². The molecule has 4 aromatic rings. The van der Waals surface area contributed by atoms with Gasteiger partial charge in [0, 0.05) is 36.6 Å². The summed E-state index contributed by atoms with van der Waals surface area (Å²) in [6.07, 6.45) is 1.15. The Hall–Kier alpha value is -3.32. The molecular weight excluding hydrogens is 498 g/mol. The number of hydrogen-bond donors (Lipinski definition) is 1. The molecule has 1 aliphatic rings. The Bertz CT molecular complexity index is 1420. The van der Waals surface area contributed by atoms with Gasteiger partial charge in [-0.1, -0.05) is 35.0 Å². The molecule has 0 radical (unpaired) electrons. The van der Waals surface area contributed by atoms with E-state index in [4.69, 9.17) is 20.9 Å². The molecule has 1 aliphatic heterocycles. The third kappa shape index (κ3) is 4.98. The van der Waals surface area contributed by atoms with Crippen LogP contribution in [0.15, 0.2) is 47.0 Å². The van der Waals surface area contributed by atoms with Crippen LogP contribution in [0.1, 0.15) is 37.9 Å². The number of carbonyl (C=O) groups is 1. The van der Waals surface area contributed by atoms with Crippen LogP contribution in [-0.2, 0) is 6.54 Å². The number of fused-ring (bicyclic) bond motifs is 1. The normalized spacial score (nSPS) is 14.9. The van der Waals surface area contributed by atoms with Crippen LogP contribution in [0.4, 0.5) is 4.79 Å². The number of nitrogens with one attached hydrogen (secondary N) is 1. The summed E-state index contributed by atoms with van der Waals surface area (Å²) in [6.45, 7) is 6.47. The highest BCUT2D eigenvalue weighted by molar-refractivity contribution is 7.19. The minimum absolute atomic E-state index is 0.0339. The summed E-state index contributed by atoms with van der Waals surface area (Å²) in [4.78, 5) is 16.2. The topological polar surface area (TPSA) is 96.3 Å². The maximum atomic E-state index is 12.9. The lowest BCUT2D eigenvalue weighted by Crippen LogP contribution is -2.47. The van der Waals surface area contributed by atoms with Gasteiger partial charge >= 0.3 is 6.09 Å². The first-order valence-corrected chi connectivity index (χ1v) is 13.1. The fourth-order valence-corrected chi connectivity index (χ4v) is 5.60. The van der Waals surface area contributed by atoms with E-state index in [0.29, 0.717) is 32.8 Å². The number of benzene rings is 1. The second-order valence-corrected chi connectivity index (χ2v) is 10.8. The molecule has 0 bridgehead atoms. The number of hydrogen-bond acceptors (Lipinski definition) is 7. The fraction of sp³-hybridized carbons (Fsp3) is 0.346. The molecule has 0 aliphatic carbocycles. The van der Waals surface area contributed by atoms with E-state index in [-0.39, 0.29) is 18.5 Å². The predicted octanol–water partition coefficient (Wildman–Crippen LogP) is 5.89. The Morgan fingerprint density at radius 3 is 2.78 bits per heavy atom. The van der Waals surface area contributed by atoms with Crippen molar-refractivity contribution in [1.29, 1.82) is 5.26 Å². The maximum Gasteiger partial charge on any atom is 0.414 e. The van der Waals surface area contributed by atoms with Crippen LogP contribution in [0.2, 0.25) is 4.34 Å². The Labute approximate surface area is 218 Å². The quantitative estimate of drug-likeness (QED) is 0.338. The average Bonchev–Trinajstić information content (AvgIpc) is 3.58. The smallest absolute Gasteiger partial charge is 0.392 e. The number of nitriles is 1. The lowest BCUT2D eigenvalue weighted by atomic mass is 10.0. The average molecular weight is 524 g/mol. The highest BCUT2D eigenvalue weighted by Gasteiger charge is 2.26.